The zero-order valence-electron chi connectivity index (χ0n) is 9.40. The highest BCUT2D eigenvalue weighted by atomic mass is 79.9. The first-order chi connectivity index (χ1) is 6.78. The van der Waals surface area contributed by atoms with E-state index in [1.807, 2.05) is 0 Å². The molecule has 2 aliphatic carbocycles. The standard InChI is InChI=1S/C13H23Br/c1-2-6-12(14)11-7-10-13(11)8-4-3-5-9-13/h11-12H,2-10H2,1H3. The summed E-state index contributed by atoms with van der Waals surface area (Å²) >= 11 is 3.93. The van der Waals surface area contributed by atoms with E-state index in [0.29, 0.717) is 0 Å². The number of halogens is 1. The van der Waals surface area contributed by atoms with Crippen LogP contribution in [-0.2, 0) is 0 Å². The number of hydrogen-bond donors (Lipinski definition) is 0. The van der Waals surface area contributed by atoms with Crippen LogP contribution in [0.15, 0.2) is 0 Å². The topological polar surface area (TPSA) is 0 Å². The smallest absolute Gasteiger partial charge is 0.0179 e. The maximum atomic E-state index is 3.93. The molecule has 0 nitrogen and oxygen atoms in total. The Hall–Kier alpha value is 0.480. The zero-order chi connectivity index (χ0) is 10.0. The zero-order valence-corrected chi connectivity index (χ0v) is 11.0. The van der Waals surface area contributed by atoms with Gasteiger partial charge in [-0.1, -0.05) is 48.5 Å². The van der Waals surface area contributed by atoms with Crippen molar-refractivity contribution in [2.75, 3.05) is 0 Å². The van der Waals surface area contributed by atoms with Crippen LogP contribution in [0.4, 0.5) is 0 Å². The molecule has 0 aromatic rings. The average Bonchev–Trinajstić information content (AvgIpc) is 2.18. The molecule has 0 aromatic carbocycles. The second-order valence-corrected chi connectivity index (χ2v) is 6.55. The lowest BCUT2D eigenvalue weighted by molar-refractivity contribution is -0.0101. The van der Waals surface area contributed by atoms with Crippen LogP contribution in [-0.4, -0.2) is 4.83 Å². The monoisotopic (exact) mass is 258 g/mol. The van der Waals surface area contributed by atoms with Crippen LogP contribution in [0.1, 0.15) is 64.7 Å². The van der Waals surface area contributed by atoms with Gasteiger partial charge in [-0.05, 0) is 43.4 Å². The van der Waals surface area contributed by atoms with E-state index < -0.39 is 0 Å². The predicted octanol–water partition coefficient (Wildman–Crippen LogP) is 4.91. The normalized spacial score (nSPS) is 32.6. The Morgan fingerprint density at radius 3 is 2.43 bits per heavy atom. The summed E-state index contributed by atoms with van der Waals surface area (Å²) in [6.45, 7) is 2.31. The third-order valence-electron chi connectivity index (χ3n) is 4.59. The minimum atomic E-state index is 0.793. The molecule has 14 heavy (non-hydrogen) atoms. The lowest BCUT2D eigenvalue weighted by atomic mass is 9.53. The van der Waals surface area contributed by atoms with Crippen molar-refractivity contribution in [1.82, 2.24) is 0 Å². The molecule has 2 saturated carbocycles. The fourth-order valence-electron chi connectivity index (χ4n) is 3.64. The molecule has 1 spiro atoms. The van der Waals surface area contributed by atoms with Gasteiger partial charge in [-0.15, -0.1) is 0 Å². The summed E-state index contributed by atoms with van der Waals surface area (Å²) in [4.78, 5) is 0.819. The van der Waals surface area contributed by atoms with Crippen molar-refractivity contribution >= 4 is 15.9 Å². The molecule has 0 bridgehead atoms. The minimum Gasteiger partial charge on any atom is -0.0887 e. The van der Waals surface area contributed by atoms with Crippen molar-refractivity contribution in [2.45, 2.75) is 69.5 Å². The van der Waals surface area contributed by atoms with Gasteiger partial charge in [-0.3, -0.25) is 0 Å². The van der Waals surface area contributed by atoms with Crippen LogP contribution < -0.4 is 0 Å². The quantitative estimate of drug-likeness (QED) is 0.632. The highest BCUT2D eigenvalue weighted by Crippen LogP contribution is 2.58. The number of hydrogen-bond acceptors (Lipinski definition) is 0. The van der Waals surface area contributed by atoms with Gasteiger partial charge in [0.15, 0.2) is 0 Å². The first-order valence-corrected chi connectivity index (χ1v) is 7.34. The highest BCUT2D eigenvalue weighted by Gasteiger charge is 2.48. The molecule has 82 valence electrons. The Morgan fingerprint density at radius 2 is 1.93 bits per heavy atom. The highest BCUT2D eigenvalue weighted by molar-refractivity contribution is 9.09. The maximum absolute atomic E-state index is 3.93. The molecule has 0 saturated heterocycles. The molecule has 1 heteroatoms. The van der Waals surface area contributed by atoms with Gasteiger partial charge in [0.25, 0.3) is 0 Å². The molecule has 0 heterocycles. The SMILES string of the molecule is CCCC(Br)C1CCC12CCCCC2. The van der Waals surface area contributed by atoms with Gasteiger partial charge in [-0.2, -0.15) is 0 Å². The first kappa shape index (κ1) is 11.0. The summed E-state index contributed by atoms with van der Waals surface area (Å²) in [5.74, 6) is 1.02. The van der Waals surface area contributed by atoms with E-state index in [-0.39, 0.29) is 0 Å². The lowest BCUT2D eigenvalue weighted by Gasteiger charge is -2.54. The first-order valence-electron chi connectivity index (χ1n) is 6.42. The molecule has 2 aliphatic rings. The third-order valence-corrected chi connectivity index (χ3v) is 5.69. The average molecular weight is 259 g/mol. The predicted molar refractivity (Wildman–Crippen MR) is 65.9 cm³/mol. The van der Waals surface area contributed by atoms with E-state index >= 15 is 0 Å². The van der Waals surface area contributed by atoms with Crippen molar-refractivity contribution in [2.24, 2.45) is 11.3 Å². The second kappa shape index (κ2) is 4.55. The van der Waals surface area contributed by atoms with Gasteiger partial charge in [0, 0.05) is 4.83 Å². The van der Waals surface area contributed by atoms with Crippen molar-refractivity contribution in [3.63, 3.8) is 0 Å². The summed E-state index contributed by atoms with van der Waals surface area (Å²) < 4.78 is 0. The Bertz CT molecular complexity index is 182. The molecule has 0 N–H and O–H groups in total. The van der Waals surface area contributed by atoms with Crippen LogP contribution in [0.3, 0.4) is 0 Å². The molecular formula is C13H23Br. The van der Waals surface area contributed by atoms with Crippen molar-refractivity contribution in [1.29, 1.82) is 0 Å². The molecule has 2 rings (SSSR count). The Morgan fingerprint density at radius 1 is 1.21 bits per heavy atom. The summed E-state index contributed by atoms with van der Waals surface area (Å²) in [5, 5.41) is 0. The van der Waals surface area contributed by atoms with Gasteiger partial charge in [0.1, 0.15) is 0 Å². The molecule has 2 unspecified atom stereocenters. The Labute approximate surface area is 97.0 Å². The van der Waals surface area contributed by atoms with Gasteiger partial charge in [0.05, 0.1) is 0 Å². The number of rotatable bonds is 3. The van der Waals surface area contributed by atoms with E-state index in [0.717, 1.165) is 16.2 Å². The van der Waals surface area contributed by atoms with E-state index in [1.165, 1.54) is 57.8 Å². The lowest BCUT2D eigenvalue weighted by Crippen LogP contribution is -2.46. The van der Waals surface area contributed by atoms with E-state index in [2.05, 4.69) is 22.9 Å². The molecule has 0 radical (unpaired) electrons. The summed E-state index contributed by atoms with van der Waals surface area (Å²) in [5.41, 5.74) is 0.793. The molecule has 2 atom stereocenters. The summed E-state index contributed by atoms with van der Waals surface area (Å²) in [7, 11) is 0. The second-order valence-electron chi connectivity index (χ2n) is 5.37. The molecular weight excluding hydrogens is 236 g/mol. The van der Waals surface area contributed by atoms with Crippen LogP contribution in [0.25, 0.3) is 0 Å². The van der Waals surface area contributed by atoms with E-state index in [4.69, 9.17) is 0 Å². The van der Waals surface area contributed by atoms with Crippen molar-refractivity contribution < 1.29 is 0 Å². The van der Waals surface area contributed by atoms with Gasteiger partial charge < -0.3 is 0 Å². The molecule has 0 aliphatic heterocycles. The maximum Gasteiger partial charge on any atom is 0.0179 e. The van der Waals surface area contributed by atoms with E-state index in [9.17, 15) is 0 Å². The number of alkyl halides is 1. The fourth-order valence-corrected chi connectivity index (χ4v) is 4.92. The Kier molecular flexibility index (Phi) is 3.57. The molecule has 0 amide bonds. The van der Waals surface area contributed by atoms with Crippen molar-refractivity contribution in [3.8, 4) is 0 Å². The van der Waals surface area contributed by atoms with E-state index in [1.54, 1.807) is 0 Å². The van der Waals surface area contributed by atoms with Crippen LogP contribution in [0.2, 0.25) is 0 Å². The van der Waals surface area contributed by atoms with Crippen molar-refractivity contribution in [3.05, 3.63) is 0 Å². The van der Waals surface area contributed by atoms with Gasteiger partial charge in [0.2, 0.25) is 0 Å². The fraction of sp³-hybridized carbons (Fsp3) is 1.00. The van der Waals surface area contributed by atoms with Gasteiger partial charge >= 0.3 is 0 Å². The minimum absolute atomic E-state index is 0.793. The Balaban J connectivity index is 1.93. The third kappa shape index (κ3) is 1.89. The summed E-state index contributed by atoms with van der Waals surface area (Å²) in [6.07, 6.45) is 13.3. The van der Waals surface area contributed by atoms with Gasteiger partial charge in [-0.25, -0.2) is 0 Å². The van der Waals surface area contributed by atoms with Crippen LogP contribution in [0.5, 0.6) is 0 Å². The molecule has 0 aromatic heterocycles. The summed E-state index contributed by atoms with van der Waals surface area (Å²) in [6, 6.07) is 0. The van der Waals surface area contributed by atoms with Crippen LogP contribution >= 0.6 is 15.9 Å². The van der Waals surface area contributed by atoms with Crippen LogP contribution in [0, 0.1) is 11.3 Å². The molecule has 2 fully saturated rings. The largest absolute Gasteiger partial charge is 0.0887 e.